The molecule has 0 saturated carbocycles. The zero-order chi connectivity index (χ0) is 9.84. The lowest BCUT2D eigenvalue weighted by Gasteiger charge is -2.23. The van der Waals surface area contributed by atoms with Crippen LogP contribution in [0.2, 0.25) is 0 Å². The van der Waals surface area contributed by atoms with Crippen molar-refractivity contribution < 1.29 is 10.2 Å². The maximum absolute atomic E-state index is 11.4. The van der Waals surface area contributed by atoms with Gasteiger partial charge < -0.3 is 10.2 Å². The molecule has 0 fully saturated rings. The summed E-state index contributed by atoms with van der Waals surface area (Å²) in [5.41, 5.74) is 0.634. The predicted octanol–water partition coefficient (Wildman–Crippen LogP) is 1.94. The molecule has 2 nitrogen and oxygen atoms in total. The van der Waals surface area contributed by atoms with Crippen LogP contribution in [0.5, 0.6) is 11.5 Å². The van der Waals surface area contributed by atoms with Crippen molar-refractivity contribution >= 4 is 15.9 Å². The molecule has 0 N–H and O–H groups in total. The van der Waals surface area contributed by atoms with Crippen molar-refractivity contribution in [3.8, 4) is 11.5 Å². The fourth-order valence-electron chi connectivity index (χ4n) is 1.14. The summed E-state index contributed by atoms with van der Waals surface area (Å²) in [5.74, 6) is -0.781. The topological polar surface area (TPSA) is 46.1 Å². The Hall–Kier alpha value is -0.700. The minimum Gasteiger partial charge on any atom is -0.873 e. The third-order valence-corrected chi connectivity index (χ3v) is 2.57. The quantitative estimate of drug-likeness (QED) is 0.814. The van der Waals surface area contributed by atoms with Crippen molar-refractivity contribution in [3.05, 3.63) is 22.2 Å². The second-order valence-electron chi connectivity index (χ2n) is 2.97. The van der Waals surface area contributed by atoms with Crippen molar-refractivity contribution in [2.24, 2.45) is 0 Å². The lowest BCUT2D eigenvalue weighted by molar-refractivity contribution is -0.318. The molecule has 0 aliphatic rings. The van der Waals surface area contributed by atoms with E-state index in [1.807, 2.05) is 0 Å². The maximum atomic E-state index is 11.4. The van der Waals surface area contributed by atoms with Gasteiger partial charge in [0.2, 0.25) is 0 Å². The Morgan fingerprint density at radius 3 is 2.54 bits per heavy atom. The largest absolute Gasteiger partial charge is 0.873 e. The van der Waals surface area contributed by atoms with E-state index in [-0.39, 0.29) is 5.75 Å². The normalized spacial score (nSPS) is 10.3. The number of aryl methyl sites for hydroxylation is 1. The summed E-state index contributed by atoms with van der Waals surface area (Å²) in [6.07, 6.45) is 2.69. The summed E-state index contributed by atoms with van der Waals surface area (Å²) in [4.78, 5) is 0. The number of hydrogen-bond acceptors (Lipinski definition) is 2. The summed E-state index contributed by atoms with van der Waals surface area (Å²) in [6.45, 7) is 2.06. The average molecular weight is 243 g/mol. The van der Waals surface area contributed by atoms with Crippen LogP contribution in [0.4, 0.5) is 0 Å². The molecule has 72 valence electrons. The minimum atomic E-state index is -0.423. The lowest BCUT2D eigenvalue weighted by atomic mass is 10.1. The van der Waals surface area contributed by atoms with Crippen LogP contribution < -0.4 is 10.2 Å². The van der Waals surface area contributed by atoms with Crippen LogP contribution in [-0.4, -0.2) is 0 Å². The molecular weight excluding hydrogens is 232 g/mol. The first-order chi connectivity index (χ1) is 6.16. The molecule has 0 aliphatic carbocycles. The Kier molecular flexibility index (Phi) is 3.60. The van der Waals surface area contributed by atoms with Crippen LogP contribution in [-0.2, 0) is 6.42 Å². The van der Waals surface area contributed by atoms with Crippen LogP contribution in [0.3, 0.4) is 0 Å². The van der Waals surface area contributed by atoms with E-state index in [9.17, 15) is 10.2 Å². The first kappa shape index (κ1) is 10.4. The van der Waals surface area contributed by atoms with E-state index < -0.39 is 5.75 Å². The Morgan fingerprint density at radius 2 is 1.92 bits per heavy atom. The van der Waals surface area contributed by atoms with Gasteiger partial charge in [0.25, 0.3) is 0 Å². The van der Waals surface area contributed by atoms with E-state index in [0.717, 1.165) is 12.8 Å². The fourth-order valence-corrected chi connectivity index (χ4v) is 1.46. The molecule has 3 heteroatoms. The minimum absolute atomic E-state index is 0.358. The molecule has 0 bridgehead atoms. The van der Waals surface area contributed by atoms with Crippen molar-refractivity contribution in [2.45, 2.75) is 26.2 Å². The van der Waals surface area contributed by atoms with Gasteiger partial charge in [0, 0.05) is 4.47 Å². The third kappa shape index (κ3) is 2.37. The number of halogens is 1. The van der Waals surface area contributed by atoms with Crippen LogP contribution >= 0.6 is 15.9 Å². The predicted molar refractivity (Wildman–Crippen MR) is 51.6 cm³/mol. The highest BCUT2D eigenvalue weighted by atomic mass is 79.9. The van der Waals surface area contributed by atoms with E-state index in [0.29, 0.717) is 16.5 Å². The molecule has 0 aliphatic heterocycles. The second-order valence-corrected chi connectivity index (χ2v) is 3.82. The third-order valence-electron chi connectivity index (χ3n) is 1.95. The fraction of sp³-hybridized carbons (Fsp3) is 0.400. The van der Waals surface area contributed by atoms with Crippen LogP contribution in [0.25, 0.3) is 0 Å². The van der Waals surface area contributed by atoms with Gasteiger partial charge in [0.05, 0.1) is 0 Å². The standard InChI is InChI=1S/C10H13BrO2/c1-2-3-4-7-5-6-8(11)10(13)9(7)12/h5-6,12-13H,2-4H2,1H3/p-2. The van der Waals surface area contributed by atoms with Gasteiger partial charge in [-0.3, -0.25) is 0 Å². The van der Waals surface area contributed by atoms with Crippen LogP contribution in [0.15, 0.2) is 16.6 Å². The van der Waals surface area contributed by atoms with Crippen molar-refractivity contribution in [3.63, 3.8) is 0 Å². The molecular formula is C10H11BrO2-2. The van der Waals surface area contributed by atoms with E-state index in [1.165, 1.54) is 0 Å². The van der Waals surface area contributed by atoms with Gasteiger partial charge in [-0.15, -0.1) is 11.5 Å². The molecule has 0 spiro atoms. The van der Waals surface area contributed by atoms with E-state index >= 15 is 0 Å². The van der Waals surface area contributed by atoms with E-state index in [2.05, 4.69) is 22.9 Å². The van der Waals surface area contributed by atoms with E-state index in [1.54, 1.807) is 12.1 Å². The van der Waals surface area contributed by atoms with Gasteiger partial charge in [0.1, 0.15) is 0 Å². The molecule has 0 radical (unpaired) electrons. The Bertz CT molecular complexity index is 297. The summed E-state index contributed by atoms with van der Waals surface area (Å²) in [7, 11) is 0. The number of rotatable bonds is 3. The van der Waals surface area contributed by atoms with Gasteiger partial charge in [0.15, 0.2) is 0 Å². The van der Waals surface area contributed by atoms with Crippen LogP contribution in [0, 0.1) is 0 Å². The highest BCUT2D eigenvalue weighted by Gasteiger charge is 1.96. The molecule has 0 unspecified atom stereocenters. The maximum Gasteiger partial charge on any atom is 0.00902 e. The summed E-state index contributed by atoms with van der Waals surface area (Å²) >= 11 is 3.04. The SMILES string of the molecule is CCCCc1ccc(Br)c([O-])c1[O-]. The van der Waals surface area contributed by atoms with Crippen LogP contribution in [0.1, 0.15) is 25.3 Å². The van der Waals surface area contributed by atoms with Crippen molar-refractivity contribution in [1.82, 2.24) is 0 Å². The first-order valence-corrected chi connectivity index (χ1v) is 5.11. The highest BCUT2D eigenvalue weighted by Crippen LogP contribution is 2.32. The zero-order valence-electron chi connectivity index (χ0n) is 7.47. The number of unbranched alkanes of at least 4 members (excludes halogenated alkanes) is 1. The molecule has 13 heavy (non-hydrogen) atoms. The van der Waals surface area contributed by atoms with Crippen molar-refractivity contribution in [2.75, 3.05) is 0 Å². The molecule has 0 aromatic heterocycles. The van der Waals surface area contributed by atoms with Gasteiger partial charge >= 0.3 is 0 Å². The average Bonchev–Trinajstić information content (AvgIpc) is 2.13. The smallest absolute Gasteiger partial charge is 0.00902 e. The lowest BCUT2D eigenvalue weighted by Crippen LogP contribution is -2.04. The molecule has 0 saturated heterocycles. The molecule has 0 atom stereocenters. The molecule has 1 aromatic rings. The monoisotopic (exact) mass is 242 g/mol. The van der Waals surface area contributed by atoms with Crippen molar-refractivity contribution in [1.29, 1.82) is 0 Å². The molecule has 1 rings (SSSR count). The summed E-state index contributed by atoms with van der Waals surface area (Å²) < 4.78 is 0.359. The summed E-state index contributed by atoms with van der Waals surface area (Å²) in [5, 5.41) is 22.5. The molecule has 0 heterocycles. The van der Waals surface area contributed by atoms with Gasteiger partial charge in [-0.25, -0.2) is 0 Å². The van der Waals surface area contributed by atoms with Gasteiger partial charge in [-0.05, 0) is 18.9 Å². The Labute approximate surface area is 86.3 Å². The molecule has 1 aromatic carbocycles. The van der Waals surface area contributed by atoms with E-state index in [4.69, 9.17) is 0 Å². The van der Waals surface area contributed by atoms with Gasteiger partial charge in [-0.2, -0.15) is 0 Å². The number of hydrogen-bond donors (Lipinski definition) is 0. The second kappa shape index (κ2) is 4.51. The Balaban J connectivity index is 2.90. The zero-order valence-corrected chi connectivity index (χ0v) is 9.06. The first-order valence-electron chi connectivity index (χ1n) is 4.32. The van der Waals surface area contributed by atoms with Gasteiger partial charge in [-0.1, -0.05) is 40.9 Å². The Morgan fingerprint density at radius 1 is 1.23 bits per heavy atom. The highest BCUT2D eigenvalue weighted by molar-refractivity contribution is 9.10. The summed E-state index contributed by atoms with van der Waals surface area (Å²) in [6, 6.07) is 3.37. The molecule has 0 amide bonds. The number of benzene rings is 1.